The number of hydrogen-bond donors (Lipinski definition) is 1. The van der Waals surface area contributed by atoms with Crippen molar-refractivity contribution in [1.82, 2.24) is 0 Å². The van der Waals surface area contributed by atoms with E-state index < -0.39 is 6.09 Å². The molecule has 12 heavy (non-hydrogen) atoms. The summed E-state index contributed by atoms with van der Waals surface area (Å²) in [5.41, 5.74) is 0.384. The van der Waals surface area contributed by atoms with Crippen LogP contribution >= 0.6 is 0 Å². The summed E-state index contributed by atoms with van der Waals surface area (Å²) in [6.45, 7) is 0. The van der Waals surface area contributed by atoms with Gasteiger partial charge in [0.1, 0.15) is 0 Å². The van der Waals surface area contributed by atoms with Crippen molar-refractivity contribution in [3.63, 3.8) is 0 Å². The number of rotatable bonds is 1. The summed E-state index contributed by atoms with van der Waals surface area (Å²) in [5, 5.41) is 19.3. The van der Waals surface area contributed by atoms with Gasteiger partial charge in [-0.2, -0.15) is 0 Å². The van der Waals surface area contributed by atoms with Gasteiger partial charge in [0.2, 0.25) is 0 Å². The monoisotopic (exact) mass is 166 g/mol. The molecular weight excluding hydrogens is 158 g/mol. The highest BCUT2D eigenvalue weighted by molar-refractivity contribution is 5.85. The minimum atomic E-state index is -1.08. The van der Waals surface area contributed by atoms with E-state index in [-0.39, 0.29) is 5.75 Å². The van der Waals surface area contributed by atoms with Crippen LogP contribution in [0.2, 0.25) is 0 Å². The van der Waals surface area contributed by atoms with Gasteiger partial charge < -0.3 is 10.2 Å². The lowest BCUT2D eigenvalue weighted by Gasteiger charge is -2.15. The van der Waals surface area contributed by atoms with Gasteiger partial charge in [-0.15, -0.1) is 5.75 Å². The van der Waals surface area contributed by atoms with Gasteiger partial charge in [-0.25, -0.2) is 4.79 Å². The lowest BCUT2D eigenvalue weighted by Crippen LogP contribution is -2.23. The standard InChI is InChI=1S/C8H9NO3/c1-9(8(11)12)6-3-2-4-7(10)5-6/h2-5,10H,1H3,(H,11,12)/p-1. The normalized spacial score (nSPS) is 9.42. The molecule has 0 saturated carbocycles. The SMILES string of the molecule is CN(C(=O)O)c1cccc([O-])c1. The number of nitrogens with zero attached hydrogens (tertiary/aromatic N) is 1. The van der Waals surface area contributed by atoms with Crippen LogP contribution in [0.25, 0.3) is 0 Å². The van der Waals surface area contributed by atoms with Crippen LogP contribution in [0, 0.1) is 0 Å². The first kappa shape index (κ1) is 8.39. The molecule has 0 fully saturated rings. The van der Waals surface area contributed by atoms with E-state index in [4.69, 9.17) is 5.11 Å². The summed E-state index contributed by atoms with van der Waals surface area (Å²) < 4.78 is 0. The zero-order valence-electron chi connectivity index (χ0n) is 6.52. The molecule has 1 N–H and O–H groups in total. The van der Waals surface area contributed by atoms with Crippen molar-refractivity contribution in [3.05, 3.63) is 24.3 Å². The Morgan fingerprint density at radius 1 is 1.58 bits per heavy atom. The number of anilines is 1. The van der Waals surface area contributed by atoms with Gasteiger partial charge in [0.25, 0.3) is 0 Å². The molecule has 0 bridgehead atoms. The Labute approximate surface area is 69.7 Å². The Balaban J connectivity index is 2.95. The van der Waals surface area contributed by atoms with Crippen LogP contribution in [0.3, 0.4) is 0 Å². The van der Waals surface area contributed by atoms with Crippen LogP contribution in [-0.4, -0.2) is 18.2 Å². The molecule has 1 aromatic rings. The fraction of sp³-hybridized carbons (Fsp3) is 0.125. The van der Waals surface area contributed by atoms with Crippen molar-refractivity contribution >= 4 is 11.8 Å². The topological polar surface area (TPSA) is 63.6 Å². The van der Waals surface area contributed by atoms with E-state index in [0.29, 0.717) is 5.69 Å². The highest BCUT2D eigenvalue weighted by atomic mass is 16.4. The van der Waals surface area contributed by atoms with Crippen molar-refractivity contribution in [1.29, 1.82) is 0 Å². The minimum Gasteiger partial charge on any atom is -0.872 e. The lowest BCUT2D eigenvalue weighted by molar-refractivity contribution is -0.268. The highest BCUT2D eigenvalue weighted by Gasteiger charge is 2.06. The molecule has 0 radical (unpaired) electrons. The summed E-state index contributed by atoms with van der Waals surface area (Å²) in [5.74, 6) is -0.194. The quantitative estimate of drug-likeness (QED) is 0.673. The molecule has 1 aromatic carbocycles. The summed E-state index contributed by atoms with van der Waals surface area (Å²) >= 11 is 0. The zero-order chi connectivity index (χ0) is 9.14. The first-order chi connectivity index (χ1) is 5.61. The number of carbonyl (C=O) groups is 1. The fourth-order valence-corrected chi connectivity index (χ4v) is 0.803. The first-order valence-electron chi connectivity index (χ1n) is 3.35. The molecule has 0 unspecified atom stereocenters. The molecule has 64 valence electrons. The first-order valence-corrected chi connectivity index (χ1v) is 3.35. The van der Waals surface area contributed by atoms with Crippen LogP contribution in [-0.2, 0) is 0 Å². The van der Waals surface area contributed by atoms with E-state index in [9.17, 15) is 9.90 Å². The summed E-state index contributed by atoms with van der Waals surface area (Å²) in [7, 11) is 1.39. The van der Waals surface area contributed by atoms with E-state index >= 15 is 0 Å². The lowest BCUT2D eigenvalue weighted by atomic mass is 10.3. The second kappa shape index (κ2) is 3.13. The molecule has 0 heterocycles. The molecule has 0 aliphatic rings. The third kappa shape index (κ3) is 1.66. The third-order valence-electron chi connectivity index (χ3n) is 1.49. The Bertz CT molecular complexity index is 298. The van der Waals surface area contributed by atoms with Crippen LogP contribution in [0.4, 0.5) is 10.5 Å². The Kier molecular flexibility index (Phi) is 2.19. The van der Waals surface area contributed by atoms with E-state index in [1.807, 2.05) is 0 Å². The van der Waals surface area contributed by atoms with Crippen LogP contribution in [0.15, 0.2) is 24.3 Å². The maximum atomic E-state index is 10.8. The predicted molar refractivity (Wildman–Crippen MR) is 42.3 cm³/mol. The second-order valence-corrected chi connectivity index (χ2v) is 2.34. The molecule has 0 spiro atoms. The maximum Gasteiger partial charge on any atom is 0.411 e. The van der Waals surface area contributed by atoms with Crippen LogP contribution in [0.1, 0.15) is 0 Å². The van der Waals surface area contributed by atoms with Crippen molar-refractivity contribution in [2.75, 3.05) is 11.9 Å². The van der Waals surface area contributed by atoms with Crippen LogP contribution < -0.4 is 10.0 Å². The van der Waals surface area contributed by atoms with E-state index in [0.717, 1.165) is 4.90 Å². The molecule has 4 heteroatoms. The largest absolute Gasteiger partial charge is 0.872 e. The summed E-state index contributed by atoms with van der Waals surface area (Å²) in [6, 6.07) is 5.74. The van der Waals surface area contributed by atoms with E-state index in [2.05, 4.69) is 0 Å². The number of carboxylic acid groups (broad SMARTS) is 1. The van der Waals surface area contributed by atoms with Crippen LogP contribution in [0.5, 0.6) is 5.75 Å². The van der Waals surface area contributed by atoms with Crippen molar-refractivity contribution in [2.45, 2.75) is 0 Å². The van der Waals surface area contributed by atoms with Gasteiger partial charge >= 0.3 is 6.09 Å². The smallest absolute Gasteiger partial charge is 0.411 e. The molecule has 1 amide bonds. The second-order valence-electron chi connectivity index (χ2n) is 2.34. The predicted octanol–water partition coefficient (Wildman–Crippen LogP) is 0.874. The average Bonchev–Trinajstić information content (AvgIpc) is 2.03. The van der Waals surface area contributed by atoms with Gasteiger partial charge in [0.05, 0.1) is 0 Å². The fourth-order valence-electron chi connectivity index (χ4n) is 0.803. The Morgan fingerprint density at radius 2 is 2.25 bits per heavy atom. The van der Waals surface area contributed by atoms with Crippen molar-refractivity contribution in [3.8, 4) is 5.75 Å². The van der Waals surface area contributed by atoms with E-state index in [1.54, 1.807) is 6.07 Å². The maximum absolute atomic E-state index is 10.8. The number of benzene rings is 1. The Morgan fingerprint density at radius 3 is 2.75 bits per heavy atom. The average molecular weight is 166 g/mol. The number of amides is 1. The van der Waals surface area contributed by atoms with E-state index in [1.165, 1.54) is 25.2 Å². The number of hydrogen-bond acceptors (Lipinski definition) is 2. The Hall–Kier alpha value is -1.71. The minimum absolute atomic E-state index is 0.194. The van der Waals surface area contributed by atoms with Gasteiger partial charge in [-0.1, -0.05) is 12.1 Å². The van der Waals surface area contributed by atoms with Gasteiger partial charge in [-0.05, 0) is 12.1 Å². The van der Waals surface area contributed by atoms with Gasteiger partial charge in [0.15, 0.2) is 0 Å². The van der Waals surface area contributed by atoms with Crippen molar-refractivity contribution < 1.29 is 15.0 Å². The van der Waals surface area contributed by atoms with Crippen molar-refractivity contribution in [2.24, 2.45) is 0 Å². The molecule has 0 saturated heterocycles. The molecule has 0 aliphatic heterocycles. The summed E-state index contributed by atoms with van der Waals surface area (Å²) in [6.07, 6.45) is -1.08. The zero-order valence-corrected chi connectivity index (χ0v) is 6.52. The molecule has 0 aliphatic carbocycles. The van der Waals surface area contributed by atoms with Gasteiger partial charge in [-0.3, -0.25) is 4.90 Å². The van der Waals surface area contributed by atoms with Gasteiger partial charge in [0, 0.05) is 12.7 Å². The molecule has 4 nitrogen and oxygen atoms in total. The molecule has 1 rings (SSSR count). The third-order valence-corrected chi connectivity index (χ3v) is 1.49. The molecular formula is C8H8NO3-. The summed E-state index contributed by atoms with van der Waals surface area (Å²) in [4.78, 5) is 11.4. The highest BCUT2D eigenvalue weighted by Crippen LogP contribution is 2.16. The molecule has 0 atom stereocenters. The molecule has 0 aromatic heterocycles.